The van der Waals surface area contributed by atoms with Gasteiger partial charge in [0.2, 0.25) is 5.91 Å². The summed E-state index contributed by atoms with van der Waals surface area (Å²) >= 11 is 0. The molecule has 3 rings (SSSR count). The standard InChI is InChI=1S/C19H26N4O2/c1-13-15-7-3-4-8-16(15)25-17(13)11-22-19(21-2)23-9-5-6-14(12-23)10-18(20)24/h3-4,7-8,14H,5-6,9-12H2,1-2H3,(H2,20,24)(H,21,22). The number of likely N-dealkylation sites (tertiary alicyclic amines) is 1. The molecule has 1 aromatic heterocycles. The number of benzene rings is 1. The first kappa shape index (κ1) is 17.3. The molecule has 6 heteroatoms. The summed E-state index contributed by atoms with van der Waals surface area (Å²) in [5.41, 5.74) is 7.41. The number of fused-ring (bicyclic) bond motifs is 1. The molecule has 0 radical (unpaired) electrons. The number of hydrogen-bond donors (Lipinski definition) is 2. The molecule has 0 spiro atoms. The van der Waals surface area contributed by atoms with Gasteiger partial charge in [-0.2, -0.15) is 0 Å². The zero-order valence-corrected chi connectivity index (χ0v) is 14.9. The van der Waals surface area contributed by atoms with E-state index in [9.17, 15) is 4.79 Å². The smallest absolute Gasteiger partial charge is 0.217 e. The van der Waals surface area contributed by atoms with E-state index < -0.39 is 0 Å². The first-order chi connectivity index (χ1) is 12.1. The van der Waals surface area contributed by atoms with Crippen molar-refractivity contribution in [3.8, 4) is 0 Å². The molecule has 0 saturated carbocycles. The second-order valence-electron chi connectivity index (χ2n) is 6.67. The van der Waals surface area contributed by atoms with Gasteiger partial charge in [-0.05, 0) is 31.7 Å². The normalized spacial score (nSPS) is 18.6. The Labute approximate surface area is 148 Å². The number of rotatable bonds is 4. The van der Waals surface area contributed by atoms with E-state index in [0.717, 1.165) is 54.2 Å². The summed E-state index contributed by atoms with van der Waals surface area (Å²) in [6.45, 7) is 4.41. The molecule has 1 saturated heterocycles. The topological polar surface area (TPSA) is 83.9 Å². The highest BCUT2D eigenvalue weighted by Gasteiger charge is 2.23. The number of amides is 1. The number of primary amides is 1. The summed E-state index contributed by atoms with van der Waals surface area (Å²) in [5.74, 6) is 1.84. The van der Waals surface area contributed by atoms with Crippen LogP contribution in [-0.4, -0.2) is 36.9 Å². The molecule has 1 fully saturated rings. The maximum atomic E-state index is 11.2. The number of furan rings is 1. The van der Waals surface area contributed by atoms with Crippen LogP contribution in [-0.2, 0) is 11.3 Å². The summed E-state index contributed by atoms with van der Waals surface area (Å²) in [5, 5.41) is 4.54. The van der Waals surface area contributed by atoms with Gasteiger partial charge >= 0.3 is 0 Å². The molecule has 1 unspecified atom stereocenters. The number of nitrogens with one attached hydrogen (secondary N) is 1. The van der Waals surface area contributed by atoms with Crippen molar-refractivity contribution in [1.29, 1.82) is 0 Å². The minimum Gasteiger partial charge on any atom is -0.459 e. The number of carbonyl (C=O) groups is 1. The third kappa shape index (κ3) is 3.95. The zero-order chi connectivity index (χ0) is 17.8. The maximum Gasteiger partial charge on any atom is 0.217 e. The molecule has 3 N–H and O–H groups in total. The summed E-state index contributed by atoms with van der Waals surface area (Å²) < 4.78 is 5.96. The fraction of sp³-hybridized carbons (Fsp3) is 0.474. The van der Waals surface area contributed by atoms with Crippen LogP contribution in [0.3, 0.4) is 0 Å². The fourth-order valence-electron chi connectivity index (χ4n) is 3.59. The molecule has 2 heterocycles. The van der Waals surface area contributed by atoms with Crippen molar-refractivity contribution in [2.75, 3.05) is 20.1 Å². The number of nitrogens with zero attached hydrogens (tertiary/aromatic N) is 2. The molecular formula is C19H26N4O2. The summed E-state index contributed by atoms with van der Waals surface area (Å²) in [7, 11) is 1.78. The van der Waals surface area contributed by atoms with Crippen LogP contribution in [0.25, 0.3) is 11.0 Å². The van der Waals surface area contributed by atoms with Crippen LogP contribution in [0.2, 0.25) is 0 Å². The molecule has 1 aliphatic rings. The van der Waals surface area contributed by atoms with E-state index in [1.54, 1.807) is 7.05 Å². The number of carbonyl (C=O) groups excluding carboxylic acids is 1. The second kappa shape index (κ2) is 7.59. The number of aryl methyl sites for hydroxylation is 1. The molecule has 1 aromatic carbocycles. The Hall–Kier alpha value is -2.50. The van der Waals surface area contributed by atoms with E-state index >= 15 is 0 Å². The van der Waals surface area contributed by atoms with Crippen molar-refractivity contribution in [1.82, 2.24) is 10.2 Å². The highest BCUT2D eigenvalue weighted by molar-refractivity contribution is 5.83. The highest BCUT2D eigenvalue weighted by Crippen LogP contribution is 2.25. The first-order valence-electron chi connectivity index (χ1n) is 8.79. The quantitative estimate of drug-likeness (QED) is 0.660. The molecular weight excluding hydrogens is 316 g/mol. The Morgan fingerprint density at radius 2 is 2.24 bits per heavy atom. The molecule has 1 aliphatic heterocycles. The van der Waals surface area contributed by atoms with Gasteiger partial charge in [-0.25, -0.2) is 0 Å². The monoisotopic (exact) mass is 342 g/mol. The lowest BCUT2D eigenvalue weighted by molar-refractivity contribution is -0.119. The molecule has 1 atom stereocenters. The molecule has 0 aliphatic carbocycles. The van der Waals surface area contributed by atoms with Gasteiger partial charge in [-0.15, -0.1) is 0 Å². The molecule has 0 bridgehead atoms. The van der Waals surface area contributed by atoms with Crippen LogP contribution >= 0.6 is 0 Å². The Morgan fingerprint density at radius 1 is 1.44 bits per heavy atom. The third-order valence-electron chi connectivity index (χ3n) is 4.87. The van der Waals surface area contributed by atoms with Crippen LogP contribution in [0.4, 0.5) is 0 Å². The van der Waals surface area contributed by atoms with Crippen LogP contribution in [0, 0.1) is 12.8 Å². The van der Waals surface area contributed by atoms with Crippen LogP contribution in [0.1, 0.15) is 30.6 Å². The van der Waals surface area contributed by atoms with E-state index in [1.807, 2.05) is 18.2 Å². The molecule has 134 valence electrons. The largest absolute Gasteiger partial charge is 0.459 e. The summed E-state index contributed by atoms with van der Waals surface area (Å²) in [4.78, 5) is 17.8. The minimum atomic E-state index is -0.229. The third-order valence-corrected chi connectivity index (χ3v) is 4.87. The first-order valence-corrected chi connectivity index (χ1v) is 8.79. The van der Waals surface area contributed by atoms with E-state index in [-0.39, 0.29) is 5.91 Å². The van der Waals surface area contributed by atoms with Gasteiger partial charge in [0, 0.05) is 37.5 Å². The minimum absolute atomic E-state index is 0.229. The lowest BCUT2D eigenvalue weighted by Gasteiger charge is -2.34. The Bertz CT molecular complexity index is 781. The average Bonchev–Trinajstić information content (AvgIpc) is 2.92. The van der Waals surface area contributed by atoms with Crippen LogP contribution in [0.5, 0.6) is 0 Å². The van der Waals surface area contributed by atoms with Crippen molar-refractivity contribution >= 4 is 22.8 Å². The summed E-state index contributed by atoms with van der Waals surface area (Å²) in [6.07, 6.45) is 2.53. The predicted octanol–water partition coefficient (Wildman–Crippen LogP) is 2.40. The Balaban J connectivity index is 1.66. The van der Waals surface area contributed by atoms with Crippen molar-refractivity contribution in [3.63, 3.8) is 0 Å². The Morgan fingerprint density at radius 3 is 2.96 bits per heavy atom. The van der Waals surface area contributed by atoms with E-state index in [0.29, 0.717) is 18.9 Å². The van der Waals surface area contributed by atoms with Gasteiger partial charge in [0.05, 0.1) is 6.54 Å². The number of aliphatic imine (C=N–C) groups is 1. The van der Waals surface area contributed by atoms with E-state index in [4.69, 9.17) is 10.2 Å². The van der Waals surface area contributed by atoms with Crippen molar-refractivity contribution in [2.45, 2.75) is 32.7 Å². The van der Waals surface area contributed by atoms with Crippen molar-refractivity contribution in [2.24, 2.45) is 16.6 Å². The Kier molecular flexibility index (Phi) is 5.26. The van der Waals surface area contributed by atoms with Gasteiger partial charge in [-0.3, -0.25) is 9.79 Å². The molecule has 1 amide bonds. The molecule has 25 heavy (non-hydrogen) atoms. The van der Waals surface area contributed by atoms with Crippen molar-refractivity contribution in [3.05, 3.63) is 35.6 Å². The van der Waals surface area contributed by atoms with Gasteiger partial charge in [0.25, 0.3) is 0 Å². The number of hydrogen-bond acceptors (Lipinski definition) is 3. The van der Waals surface area contributed by atoms with Gasteiger partial charge in [0.15, 0.2) is 5.96 Å². The SMILES string of the molecule is CN=C(NCc1oc2ccccc2c1C)N1CCCC(CC(N)=O)C1. The van der Waals surface area contributed by atoms with Gasteiger partial charge < -0.3 is 20.4 Å². The second-order valence-corrected chi connectivity index (χ2v) is 6.67. The van der Waals surface area contributed by atoms with Crippen LogP contribution < -0.4 is 11.1 Å². The number of para-hydroxylation sites is 1. The van der Waals surface area contributed by atoms with Crippen molar-refractivity contribution < 1.29 is 9.21 Å². The molecule has 2 aromatic rings. The number of piperidine rings is 1. The zero-order valence-electron chi connectivity index (χ0n) is 14.9. The maximum absolute atomic E-state index is 11.2. The predicted molar refractivity (Wildman–Crippen MR) is 99.3 cm³/mol. The van der Waals surface area contributed by atoms with Gasteiger partial charge in [0.1, 0.15) is 11.3 Å². The lowest BCUT2D eigenvalue weighted by Crippen LogP contribution is -2.46. The summed E-state index contributed by atoms with van der Waals surface area (Å²) in [6, 6.07) is 8.06. The number of nitrogens with two attached hydrogens (primary N) is 1. The van der Waals surface area contributed by atoms with Crippen LogP contribution in [0.15, 0.2) is 33.7 Å². The number of guanidine groups is 1. The van der Waals surface area contributed by atoms with E-state index in [2.05, 4.69) is 28.2 Å². The van der Waals surface area contributed by atoms with Gasteiger partial charge in [-0.1, -0.05) is 18.2 Å². The molecule has 6 nitrogen and oxygen atoms in total. The lowest BCUT2D eigenvalue weighted by atomic mass is 9.95. The highest BCUT2D eigenvalue weighted by atomic mass is 16.3. The fourth-order valence-corrected chi connectivity index (χ4v) is 3.59. The average molecular weight is 342 g/mol. The van der Waals surface area contributed by atoms with E-state index in [1.165, 1.54) is 0 Å².